The van der Waals surface area contributed by atoms with Gasteiger partial charge in [0, 0.05) is 48.5 Å². The quantitative estimate of drug-likeness (QED) is 0.281. The lowest BCUT2D eigenvalue weighted by Crippen LogP contribution is -2.46. The number of aryl methyl sites for hydroxylation is 1. The van der Waals surface area contributed by atoms with Gasteiger partial charge in [-0.15, -0.1) is 35.3 Å². The Labute approximate surface area is 212 Å². The van der Waals surface area contributed by atoms with Crippen molar-refractivity contribution < 1.29 is 9.47 Å². The number of hydrogen-bond acceptors (Lipinski definition) is 5. The monoisotopic (exact) mass is 570 g/mol. The Balaban J connectivity index is 0.00000289. The van der Waals surface area contributed by atoms with E-state index in [1.165, 1.54) is 16.2 Å². The van der Waals surface area contributed by atoms with E-state index < -0.39 is 0 Å². The number of para-hydroxylation sites is 1. The summed E-state index contributed by atoms with van der Waals surface area (Å²) in [6.07, 6.45) is 3.98. The van der Waals surface area contributed by atoms with Crippen molar-refractivity contribution in [3.05, 3.63) is 51.7 Å². The average Bonchev–Trinajstić information content (AvgIpc) is 3.20. The van der Waals surface area contributed by atoms with Gasteiger partial charge in [0.1, 0.15) is 5.75 Å². The van der Waals surface area contributed by atoms with E-state index in [9.17, 15) is 0 Å². The Kier molecular flexibility index (Phi) is 10.1. The van der Waals surface area contributed by atoms with Crippen molar-refractivity contribution in [1.29, 1.82) is 0 Å². The van der Waals surface area contributed by atoms with Gasteiger partial charge in [-0.2, -0.15) is 0 Å². The van der Waals surface area contributed by atoms with Gasteiger partial charge in [0.05, 0.1) is 25.4 Å². The first kappa shape index (κ1) is 25.3. The number of nitrogens with one attached hydrogen (secondary N) is 2. The van der Waals surface area contributed by atoms with Crippen molar-refractivity contribution in [1.82, 2.24) is 15.5 Å². The van der Waals surface area contributed by atoms with Crippen LogP contribution in [0.15, 0.2) is 41.4 Å². The molecule has 1 aliphatic carbocycles. The number of halogens is 1. The first-order valence-corrected chi connectivity index (χ1v) is 12.1. The van der Waals surface area contributed by atoms with Crippen molar-refractivity contribution in [2.75, 3.05) is 39.9 Å². The fourth-order valence-corrected chi connectivity index (χ4v) is 4.97. The predicted molar refractivity (Wildman–Crippen MR) is 143 cm³/mol. The van der Waals surface area contributed by atoms with Crippen molar-refractivity contribution in [3.8, 4) is 5.75 Å². The molecule has 2 aromatic rings. The summed E-state index contributed by atoms with van der Waals surface area (Å²) in [6, 6.07) is 13.1. The molecule has 0 amide bonds. The second kappa shape index (κ2) is 12.8. The van der Waals surface area contributed by atoms with Crippen molar-refractivity contribution in [2.24, 2.45) is 4.99 Å². The second-order valence-corrected chi connectivity index (χ2v) is 9.52. The second-order valence-electron chi connectivity index (χ2n) is 8.20. The molecule has 32 heavy (non-hydrogen) atoms. The van der Waals surface area contributed by atoms with Gasteiger partial charge in [-0.25, -0.2) is 0 Å². The molecule has 2 N–H and O–H groups in total. The van der Waals surface area contributed by atoms with E-state index in [1.807, 2.05) is 24.5 Å². The molecule has 0 spiro atoms. The largest absolute Gasteiger partial charge is 0.490 e. The van der Waals surface area contributed by atoms with E-state index in [1.54, 1.807) is 0 Å². The number of aliphatic imine (C=N–C) groups is 1. The van der Waals surface area contributed by atoms with Crippen LogP contribution in [0.2, 0.25) is 0 Å². The first-order chi connectivity index (χ1) is 15.2. The Hall–Kier alpha value is -1.36. The number of guanidine groups is 1. The zero-order valence-corrected chi connectivity index (χ0v) is 22.2. The molecular formula is C24H35IN4O2S. The maximum Gasteiger partial charge on any atom is 0.191 e. The van der Waals surface area contributed by atoms with Crippen LogP contribution in [0.25, 0.3) is 0 Å². The Bertz CT molecular complexity index is 865. The molecule has 0 radical (unpaired) electrons. The lowest BCUT2D eigenvalue weighted by atomic mass is 9.96. The standard InChI is InChI=1S/C24H34N4O2S.HI/c1-18-10-11-23(31-18)21(28-12-14-29-15-13-28)17-27-24(25-2)26-16-19-6-3-4-9-22(19)30-20-7-5-8-20;/h3-4,6,9-11,20-21H,5,7-8,12-17H2,1-2H3,(H2,25,26,27);1H. The third kappa shape index (κ3) is 6.82. The molecule has 1 saturated heterocycles. The third-order valence-corrected chi connectivity index (χ3v) is 7.13. The normalized spacial score (nSPS) is 18.4. The zero-order chi connectivity index (χ0) is 21.5. The summed E-state index contributed by atoms with van der Waals surface area (Å²) in [5.41, 5.74) is 1.16. The molecule has 2 fully saturated rings. The van der Waals surface area contributed by atoms with E-state index in [2.05, 4.69) is 57.8 Å². The molecule has 1 aromatic heterocycles. The number of thiophene rings is 1. The Morgan fingerprint density at radius 1 is 1.19 bits per heavy atom. The van der Waals surface area contributed by atoms with E-state index in [0.717, 1.165) is 63.0 Å². The van der Waals surface area contributed by atoms with Crippen LogP contribution in [-0.2, 0) is 11.3 Å². The number of benzene rings is 1. The summed E-state index contributed by atoms with van der Waals surface area (Å²) in [5.74, 6) is 1.79. The van der Waals surface area contributed by atoms with Gasteiger partial charge in [0.15, 0.2) is 5.96 Å². The summed E-state index contributed by atoms with van der Waals surface area (Å²) < 4.78 is 11.7. The highest BCUT2D eigenvalue weighted by molar-refractivity contribution is 14.0. The predicted octanol–water partition coefficient (Wildman–Crippen LogP) is 4.34. The summed E-state index contributed by atoms with van der Waals surface area (Å²) >= 11 is 1.87. The molecule has 8 heteroatoms. The molecular weight excluding hydrogens is 535 g/mol. The van der Waals surface area contributed by atoms with Crippen molar-refractivity contribution in [2.45, 2.75) is 44.9 Å². The molecule has 176 valence electrons. The lowest BCUT2D eigenvalue weighted by Gasteiger charge is -2.34. The van der Waals surface area contributed by atoms with Gasteiger partial charge in [-0.05, 0) is 44.4 Å². The highest BCUT2D eigenvalue weighted by Gasteiger charge is 2.24. The molecule has 0 bridgehead atoms. The SMILES string of the molecule is CN=C(NCc1ccccc1OC1CCC1)NCC(c1ccc(C)s1)N1CCOCC1.I. The van der Waals surface area contributed by atoms with Crippen LogP contribution in [0.4, 0.5) is 0 Å². The highest BCUT2D eigenvalue weighted by Crippen LogP contribution is 2.29. The molecule has 1 aliphatic heterocycles. The van der Waals surface area contributed by atoms with Crippen LogP contribution in [0.5, 0.6) is 5.75 Å². The maximum absolute atomic E-state index is 6.17. The number of ether oxygens (including phenoxy) is 2. The maximum atomic E-state index is 6.17. The molecule has 4 rings (SSSR count). The van der Waals surface area contributed by atoms with E-state index >= 15 is 0 Å². The molecule has 1 unspecified atom stereocenters. The van der Waals surface area contributed by atoms with Gasteiger partial charge in [0.25, 0.3) is 0 Å². The first-order valence-electron chi connectivity index (χ1n) is 11.3. The van der Waals surface area contributed by atoms with Crippen molar-refractivity contribution >= 4 is 41.3 Å². The fraction of sp³-hybridized carbons (Fsp3) is 0.542. The number of nitrogens with zero attached hydrogens (tertiary/aromatic N) is 2. The van der Waals surface area contributed by atoms with Gasteiger partial charge < -0.3 is 20.1 Å². The van der Waals surface area contributed by atoms with Gasteiger partial charge >= 0.3 is 0 Å². The zero-order valence-electron chi connectivity index (χ0n) is 19.0. The minimum Gasteiger partial charge on any atom is -0.490 e. The van der Waals surface area contributed by atoms with E-state index in [-0.39, 0.29) is 24.0 Å². The summed E-state index contributed by atoms with van der Waals surface area (Å²) in [7, 11) is 1.82. The van der Waals surface area contributed by atoms with Crippen LogP contribution >= 0.6 is 35.3 Å². The number of morpholine rings is 1. The summed E-state index contributed by atoms with van der Waals surface area (Å²) in [6.45, 7) is 7.17. The van der Waals surface area contributed by atoms with Crippen LogP contribution < -0.4 is 15.4 Å². The average molecular weight is 571 g/mol. The minimum absolute atomic E-state index is 0. The molecule has 1 saturated carbocycles. The van der Waals surface area contributed by atoms with Crippen LogP contribution in [0.3, 0.4) is 0 Å². The highest BCUT2D eigenvalue weighted by atomic mass is 127. The van der Waals surface area contributed by atoms with Gasteiger partial charge in [-0.1, -0.05) is 18.2 Å². The Morgan fingerprint density at radius 3 is 2.62 bits per heavy atom. The van der Waals surface area contributed by atoms with Crippen molar-refractivity contribution in [3.63, 3.8) is 0 Å². The van der Waals surface area contributed by atoms with Crippen LogP contribution in [-0.4, -0.2) is 56.9 Å². The Morgan fingerprint density at radius 2 is 1.97 bits per heavy atom. The molecule has 2 heterocycles. The third-order valence-electron chi connectivity index (χ3n) is 6.03. The van der Waals surface area contributed by atoms with Crippen LogP contribution in [0, 0.1) is 6.92 Å². The smallest absolute Gasteiger partial charge is 0.191 e. The topological polar surface area (TPSA) is 58.1 Å². The molecule has 1 aromatic carbocycles. The molecule has 1 atom stereocenters. The number of hydrogen-bond donors (Lipinski definition) is 2. The molecule has 6 nitrogen and oxygen atoms in total. The lowest BCUT2D eigenvalue weighted by molar-refractivity contribution is 0.0177. The minimum atomic E-state index is 0. The van der Waals surface area contributed by atoms with E-state index in [0.29, 0.717) is 18.7 Å². The van der Waals surface area contributed by atoms with Gasteiger partial charge in [0.2, 0.25) is 0 Å². The van der Waals surface area contributed by atoms with Gasteiger partial charge in [-0.3, -0.25) is 9.89 Å². The number of rotatable bonds is 8. The summed E-state index contributed by atoms with van der Waals surface area (Å²) in [4.78, 5) is 9.70. The molecule has 2 aliphatic rings. The van der Waals surface area contributed by atoms with Crippen LogP contribution in [0.1, 0.15) is 40.6 Å². The summed E-state index contributed by atoms with van der Waals surface area (Å²) in [5, 5.41) is 7.02. The fourth-order valence-electron chi connectivity index (χ4n) is 3.96. The van der Waals surface area contributed by atoms with E-state index in [4.69, 9.17) is 9.47 Å².